The monoisotopic (exact) mass is 215 g/mol. The van der Waals surface area contributed by atoms with Crippen LogP contribution in [-0.2, 0) is 16.4 Å². The normalized spacial score (nSPS) is 13.9. The van der Waals surface area contributed by atoms with Crippen LogP contribution in [0.15, 0.2) is 12.4 Å². The summed E-state index contributed by atoms with van der Waals surface area (Å²) in [5, 5.41) is 4.36. The molecular weight excluding hydrogens is 202 g/mol. The van der Waals surface area contributed by atoms with Gasteiger partial charge in [0, 0.05) is 18.8 Å². The number of primary sulfonamides is 1. The standard InChI is InChI=1S/C8H13N3O2S/c1-6-4-11-8(5-10-6)3-7(2)14(9,12)13/h4-5,7H,3H2,1-2H3,(H2,9,12,13)/t7-/m0/s1. The molecule has 0 aliphatic rings. The highest BCUT2D eigenvalue weighted by atomic mass is 32.2. The molecule has 0 unspecified atom stereocenters. The van der Waals surface area contributed by atoms with Crippen LogP contribution in [0.2, 0.25) is 0 Å². The van der Waals surface area contributed by atoms with E-state index < -0.39 is 15.3 Å². The van der Waals surface area contributed by atoms with Gasteiger partial charge < -0.3 is 0 Å². The highest BCUT2D eigenvalue weighted by Gasteiger charge is 2.16. The van der Waals surface area contributed by atoms with Crippen LogP contribution in [0.25, 0.3) is 0 Å². The van der Waals surface area contributed by atoms with Gasteiger partial charge in [0.1, 0.15) is 0 Å². The Kier molecular flexibility index (Phi) is 3.17. The summed E-state index contributed by atoms with van der Waals surface area (Å²) in [6.45, 7) is 3.37. The molecule has 0 aromatic carbocycles. The van der Waals surface area contributed by atoms with Crippen LogP contribution in [-0.4, -0.2) is 23.6 Å². The van der Waals surface area contributed by atoms with Gasteiger partial charge in [-0.05, 0) is 13.8 Å². The van der Waals surface area contributed by atoms with Crippen LogP contribution in [0.4, 0.5) is 0 Å². The number of sulfonamides is 1. The third-order valence-corrected chi connectivity index (χ3v) is 3.18. The molecule has 0 fully saturated rings. The molecule has 5 nitrogen and oxygen atoms in total. The van der Waals surface area contributed by atoms with Crippen LogP contribution < -0.4 is 5.14 Å². The third-order valence-electron chi connectivity index (χ3n) is 1.89. The van der Waals surface area contributed by atoms with Gasteiger partial charge in [-0.2, -0.15) is 0 Å². The van der Waals surface area contributed by atoms with Gasteiger partial charge in [0.25, 0.3) is 0 Å². The zero-order valence-electron chi connectivity index (χ0n) is 8.14. The molecule has 1 aromatic heterocycles. The summed E-state index contributed by atoms with van der Waals surface area (Å²) in [7, 11) is -3.48. The van der Waals surface area contributed by atoms with Crippen molar-refractivity contribution < 1.29 is 8.42 Å². The Hall–Kier alpha value is -1.01. The first-order valence-electron chi connectivity index (χ1n) is 4.18. The lowest BCUT2D eigenvalue weighted by Crippen LogP contribution is -2.27. The number of nitrogens with zero attached hydrogens (tertiary/aromatic N) is 2. The molecular formula is C8H13N3O2S. The molecule has 78 valence electrons. The Morgan fingerprint density at radius 3 is 2.50 bits per heavy atom. The Bertz CT molecular complexity index is 399. The van der Waals surface area contributed by atoms with Crippen molar-refractivity contribution in [1.29, 1.82) is 0 Å². The van der Waals surface area contributed by atoms with Gasteiger partial charge >= 0.3 is 0 Å². The second kappa shape index (κ2) is 4.02. The first-order valence-corrected chi connectivity index (χ1v) is 5.79. The number of aryl methyl sites for hydroxylation is 1. The molecule has 1 heterocycles. The molecule has 0 amide bonds. The summed E-state index contributed by atoms with van der Waals surface area (Å²) < 4.78 is 21.9. The van der Waals surface area contributed by atoms with E-state index in [4.69, 9.17) is 5.14 Å². The van der Waals surface area contributed by atoms with Crippen molar-refractivity contribution in [2.24, 2.45) is 5.14 Å². The maximum absolute atomic E-state index is 10.9. The van der Waals surface area contributed by atoms with E-state index in [9.17, 15) is 8.42 Å². The van der Waals surface area contributed by atoms with Crippen LogP contribution in [0.5, 0.6) is 0 Å². The van der Waals surface area contributed by atoms with Crippen molar-refractivity contribution in [3.05, 3.63) is 23.8 Å². The smallest absolute Gasteiger partial charge is 0.212 e. The van der Waals surface area contributed by atoms with Gasteiger partial charge in [-0.3, -0.25) is 9.97 Å². The summed E-state index contributed by atoms with van der Waals surface area (Å²) in [6, 6.07) is 0. The molecule has 0 radical (unpaired) electrons. The van der Waals surface area contributed by atoms with Gasteiger partial charge in [-0.25, -0.2) is 13.6 Å². The summed E-state index contributed by atoms with van der Waals surface area (Å²) in [5.41, 5.74) is 1.44. The second-order valence-corrected chi connectivity index (χ2v) is 5.24. The van der Waals surface area contributed by atoms with Gasteiger partial charge in [-0.15, -0.1) is 0 Å². The SMILES string of the molecule is Cc1cnc(C[C@H](C)S(N)(=O)=O)cn1. The van der Waals surface area contributed by atoms with Crippen molar-refractivity contribution in [3.63, 3.8) is 0 Å². The fourth-order valence-electron chi connectivity index (χ4n) is 0.935. The third kappa shape index (κ3) is 3.04. The summed E-state index contributed by atoms with van der Waals surface area (Å²) >= 11 is 0. The highest BCUT2D eigenvalue weighted by molar-refractivity contribution is 7.89. The first-order chi connectivity index (χ1) is 6.39. The maximum atomic E-state index is 10.9. The predicted molar refractivity (Wildman–Crippen MR) is 53.0 cm³/mol. The minimum absolute atomic E-state index is 0.298. The Morgan fingerprint density at radius 2 is 2.07 bits per heavy atom. The quantitative estimate of drug-likeness (QED) is 0.769. The van der Waals surface area contributed by atoms with E-state index in [-0.39, 0.29) is 0 Å². The zero-order valence-corrected chi connectivity index (χ0v) is 8.95. The molecule has 0 saturated carbocycles. The van der Waals surface area contributed by atoms with E-state index in [2.05, 4.69) is 9.97 Å². The molecule has 0 spiro atoms. The summed E-state index contributed by atoms with van der Waals surface area (Å²) in [5.74, 6) is 0. The van der Waals surface area contributed by atoms with Crippen LogP contribution in [0.1, 0.15) is 18.3 Å². The lowest BCUT2D eigenvalue weighted by molar-refractivity contribution is 0.583. The van der Waals surface area contributed by atoms with E-state index in [1.54, 1.807) is 19.3 Å². The molecule has 1 rings (SSSR count). The fourth-order valence-corrected chi connectivity index (χ4v) is 1.34. The number of hydrogen-bond donors (Lipinski definition) is 1. The van der Waals surface area contributed by atoms with Crippen molar-refractivity contribution in [2.45, 2.75) is 25.5 Å². The highest BCUT2D eigenvalue weighted by Crippen LogP contribution is 2.04. The largest absolute Gasteiger partial charge is 0.258 e. The molecule has 0 aliphatic carbocycles. The first kappa shape index (κ1) is 11.1. The maximum Gasteiger partial charge on any atom is 0.212 e. The number of hydrogen-bond acceptors (Lipinski definition) is 4. The molecule has 6 heteroatoms. The van der Waals surface area contributed by atoms with E-state index in [0.717, 1.165) is 5.69 Å². The van der Waals surface area contributed by atoms with Gasteiger partial charge in [0.2, 0.25) is 10.0 Å². The lowest BCUT2D eigenvalue weighted by atomic mass is 10.2. The van der Waals surface area contributed by atoms with Crippen molar-refractivity contribution >= 4 is 10.0 Å². The van der Waals surface area contributed by atoms with Crippen molar-refractivity contribution in [1.82, 2.24) is 9.97 Å². The lowest BCUT2D eigenvalue weighted by Gasteiger charge is -2.07. The average molecular weight is 215 g/mol. The van der Waals surface area contributed by atoms with Crippen molar-refractivity contribution in [3.8, 4) is 0 Å². The summed E-state index contributed by atoms with van der Waals surface area (Å²) in [4.78, 5) is 8.07. The van der Waals surface area contributed by atoms with E-state index in [1.165, 1.54) is 0 Å². The Labute approximate surface area is 83.4 Å². The molecule has 14 heavy (non-hydrogen) atoms. The van der Waals surface area contributed by atoms with Crippen LogP contribution in [0.3, 0.4) is 0 Å². The van der Waals surface area contributed by atoms with Gasteiger partial charge in [0.05, 0.1) is 16.6 Å². The van der Waals surface area contributed by atoms with E-state index in [0.29, 0.717) is 12.1 Å². The number of rotatable bonds is 3. The van der Waals surface area contributed by atoms with Crippen LogP contribution in [0, 0.1) is 6.92 Å². The Morgan fingerprint density at radius 1 is 1.43 bits per heavy atom. The van der Waals surface area contributed by atoms with E-state index in [1.807, 2.05) is 6.92 Å². The van der Waals surface area contributed by atoms with Gasteiger partial charge in [-0.1, -0.05) is 0 Å². The van der Waals surface area contributed by atoms with E-state index >= 15 is 0 Å². The molecule has 0 aliphatic heterocycles. The zero-order chi connectivity index (χ0) is 10.8. The fraction of sp³-hybridized carbons (Fsp3) is 0.500. The minimum Gasteiger partial charge on any atom is -0.258 e. The minimum atomic E-state index is -3.48. The molecule has 1 aromatic rings. The summed E-state index contributed by atoms with van der Waals surface area (Å²) in [6.07, 6.45) is 3.47. The average Bonchev–Trinajstić information content (AvgIpc) is 2.07. The molecule has 0 bridgehead atoms. The molecule has 1 atom stereocenters. The topological polar surface area (TPSA) is 85.9 Å². The van der Waals surface area contributed by atoms with Gasteiger partial charge in [0.15, 0.2) is 0 Å². The molecule has 2 N–H and O–H groups in total. The number of nitrogens with two attached hydrogens (primary N) is 1. The predicted octanol–water partition coefficient (Wildman–Crippen LogP) is 0.00452. The van der Waals surface area contributed by atoms with Crippen LogP contribution >= 0.6 is 0 Å². The second-order valence-electron chi connectivity index (χ2n) is 3.25. The molecule has 0 saturated heterocycles. The Balaban J connectivity index is 2.75. The van der Waals surface area contributed by atoms with Crippen molar-refractivity contribution in [2.75, 3.05) is 0 Å². The number of aromatic nitrogens is 2.